The summed E-state index contributed by atoms with van der Waals surface area (Å²) in [6, 6.07) is 8.46. The molecule has 0 aromatic heterocycles. The van der Waals surface area contributed by atoms with Crippen LogP contribution in [0.5, 0.6) is 5.75 Å². The fourth-order valence-corrected chi connectivity index (χ4v) is 4.29. The van der Waals surface area contributed by atoms with Crippen LogP contribution in [0.4, 0.5) is 15.8 Å². The Balaban J connectivity index is 1.95. The zero-order chi connectivity index (χ0) is 21.4. The Morgan fingerprint density at radius 2 is 1.93 bits per heavy atom. The maximum atomic E-state index is 13.5. The molecule has 1 aliphatic heterocycles. The van der Waals surface area contributed by atoms with Crippen molar-refractivity contribution in [3.8, 4) is 5.75 Å². The van der Waals surface area contributed by atoms with E-state index in [-0.39, 0.29) is 23.0 Å². The highest BCUT2D eigenvalue weighted by Crippen LogP contribution is 2.38. The summed E-state index contributed by atoms with van der Waals surface area (Å²) in [5, 5.41) is 0. The van der Waals surface area contributed by atoms with Crippen molar-refractivity contribution >= 4 is 27.3 Å². The molecule has 0 saturated heterocycles. The number of hydrogen-bond donors (Lipinski definition) is 1. The monoisotopic (exact) mass is 420 g/mol. The number of halogens is 1. The minimum atomic E-state index is -3.90. The van der Waals surface area contributed by atoms with Crippen molar-refractivity contribution in [1.82, 2.24) is 0 Å². The lowest BCUT2D eigenvalue weighted by atomic mass is 9.93. The Labute approximate surface area is 170 Å². The number of nitrogens with zero attached hydrogens (tertiary/aromatic N) is 1. The maximum absolute atomic E-state index is 13.5. The van der Waals surface area contributed by atoms with Gasteiger partial charge in [-0.15, -0.1) is 0 Å². The lowest BCUT2D eigenvalue weighted by Crippen LogP contribution is -2.42. The Morgan fingerprint density at radius 1 is 1.21 bits per heavy atom. The zero-order valence-electron chi connectivity index (χ0n) is 17.0. The van der Waals surface area contributed by atoms with Gasteiger partial charge in [-0.3, -0.25) is 9.52 Å². The highest BCUT2D eigenvalue weighted by molar-refractivity contribution is 7.92. The van der Waals surface area contributed by atoms with Crippen LogP contribution < -0.4 is 14.4 Å². The molecule has 1 N–H and O–H groups in total. The number of sulfonamides is 1. The number of ether oxygens (including phenoxy) is 1. The number of rotatable bonds is 5. The van der Waals surface area contributed by atoms with Gasteiger partial charge < -0.3 is 9.64 Å². The van der Waals surface area contributed by atoms with Crippen molar-refractivity contribution in [3.63, 3.8) is 0 Å². The SMILES string of the molecule is CCCN1C(=O)C(C)(C)COc2cc(NS(=O)(=O)c3ccc(F)c(C)c3)ccc21. The normalized spacial score (nSPS) is 16.0. The third-order valence-electron chi connectivity index (χ3n) is 4.80. The van der Waals surface area contributed by atoms with E-state index < -0.39 is 21.3 Å². The van der Waals surface area contributed by atoms with Gasteiger partial charge in [-0.2, -0.15) is 0 Å². The second-order valence-electron chi connectivity index (χ2n) is 7.83. The molecule has 156 valence electrons. The number of aryl methyl sites for hydroxylation is 1. The van der Waals surface area contributed by atoms with Crippen LogP contribution in [0, 0.1) is 18.2 Å². The Kier molecular flexibility index (Phi) is 5.58. The molecule has 1 amide bonds. The third-order valence-corrected chi connectivity index (χ3v) is 6.18. The fraction of sp³-hybridized carbons (Fsp3) is 0.381. The van der Waals surface area contributed by atoms with Crippen molar-refractivity contribution in [2.75, 3.05) is 22.8 Å². The first-order valence-electron chi connectivity index (χ1n) is 9.43. The van der Waals surface area contributed by atoms with Crippen LogP contribution in [0.25, 0.3) is 0 Å². The smallest absolute Gasteiger partial charge is 0.261 e. The van der Waals surface area contributed by atoms with Crippen molar-refractivity contribution in [2.45, 2.75) is 39.0 Å². The summed E-state index contributed by atoms with van der Waals surface area (Å²) in [4.78, 5) is 14.5. The Hall–Kier alpha value is -2.61. The zero-order valence-corrected chi connectivity index (χ0v) is 17.8. The topological polar surface area (TPSA) is 75.7 Å². The van der Waals surface area contributed by atoms with E-state index in [4.69, 9.17) is 4.74 Å². The summed E-state index contributed by atoms with van der Waals surface area (Å²) in [5.41, 5.74) is 0.464. The molecular weight excluding hydrogens is 395 g/mol. The minimum absolute atomic E-state index is 0.0313. The minimum Gasteiger partial charge on any atom is -0.490 e. The van der Waals surface area contributed by atoms with Gasteiger partial charge in [-0.25, -0.2) is 12.8 Å². The first-order chi connectivity index (χ1) is 13.5. The Morgan fingerprint density at radius 3 is 2.59 bits per heavy atom. The van der Waals surface area contributed by atoms with Crippen LogP contribution in [-0.2, 0) is 14.8 Å². The molecule has 1 aliphatic rings. The van der Waals surface area contributed by atoms with E-state index in [0.29, 0.717) is 23.7 Å². The molecule has 0 spiro atoms. The lowest BCUT2D eigenvalue weighted by Gasteiger charge is -2.27. The van der Waals surface area contributed by atoms with Gasteiger partial charge in [0.2, 0.25) is 5.91 Å². The summed E-state index contributed by atoms with van der Waals surface area (Å²) < 4.78 is 47.2. The molecule has 1 heterocycles. The van der Waals surface area contributed by atoms with E-state index >= 15 is 0 Å². The van der Waals surface area contributed by atoms with Crippen molar-refractivity contribution < 1.29 is 22.3 Å². The average Bonchev–Trinajstić information content (AvgIpc) is 2.74. The quantitative estimate of drug-likeness (QED) is 0.790. The lowest BCUT2D eigenvalue weighted by molar-refractivity contribution is -0.127. The van der Waals surface area contributed by atoms with Gasteiger partial charge in [0.05, 0.1) is 21.7 Å². The van der Waals surface area contributed by atoms with E-state index in [1.165, 1.54) is 19.1 Å². The maximum Gasteiger partial charge on any atom is 0.261 e. The molecule has 2 aromatic rings. The van der Waals surface area contributed by atoms with Gasteiger partial charge in [-0.05, 0) is 63.1 Å². The second-order valence-corrected chi connectivity index (χ2v) is 9.51. The molecule has 0 aliphatic carbocycles. The highest BCUT2D eigenvalue weighted by atomic mass is 32.2. The molecule has 8 heteroatoms. The van der Waals surface area contributed by atoms with E-state index in [9.17, 15) is 17.6 Å². The third kappa shape index (κ3) is 4.22. The summed E-state index contributed by atoms with van der Waals surface area (Å²) in [6.45, 7) is 7.87. The van der Waals surface area contributed by atoms with Crippen LogP contribution >= 0.6 is 0 Å². The largest absolute Gasteiger partial charge is 0.490 e. The number of carbonyl (C=O) groups is 1. The van der Waals surface area contributed by atoms with Gasteiger partial charge >= 0.3 is 0 Å². The number of amides is 1. The van der Waals surface area contributed by atoms with Crippen molar-refractivity contribution in [3.05, 3.63) is 47.8 Å². The number of hydrogen-bond acceptors (Lipinski definition) is 4. The molecule has 0 saturated carbocycles. The van der Waals surface area contributed by atoms with E-state index in [1.54, 1.807) is 23.1 Å². The molecule has 2 aromatic carbocycles. The van der Waals surface area contributed by atoms with Gasteiger partial charge in [0.25, 0.3) is 10.0 Å². The second kappa shape index (κ2) is 7.67. The number of benzene rings is 2. The predicted octanol–water partition coefficient (Wildman–Crippen LogP) is 4.10. The van der Waals surface area contributed by atoms with Crippen molar-refractivity contribution in [1.29, 1.82) is 0 Å². The van der Waals surface area contributed by atoms with Gasteiger partial charge in [-0.1, -0.05) is 6.92 Å². The molecule has 0 atom stereocenters. The predicted molar refractivity (Wildman–Crippen MR) is 110 cm³/mol. The standard InChI is InChI=1S/C21H25FN2O4S/c1-5-10-24-18-9-6-15(12-19(18)28-13-21(3,4)20(24)25)23-29(26,27)16-7-8-17(22)14(2)11-16/h6-9,11-12,23H,5,10,13H2,1-4H3. The molecule has 6 nitrogen and oxygen atoms in total. The van der Waals surface area contributed by atoms with E-state index in [2.05, 4.69) is 4.72 Å². The fourth-order valence-electron chi connectivity index (χ4n) is 3.15. The number of fused-ring (bicyclic) bond motifs is 1. The van der Waals surface area contributed by atoms with Crippen LogP contribution in [0.2, 0.25) is 0 Å². The highest BCUT2D eigenvalue weighted by Gasteiger charge is 2.37. The first kappa shape index (κ1) is 21.1. The molecular formula is C21H25FN2O4S. The molecule has 0 fully saturated rings. The molecule has 29 heavy (non-hydrogen) atoms. The molecule has 0 bridgehead atoms. The van der Waals surface area contributed by atoms with Crippen LogP contribution in [0.3, 0.4) is 0 Å². The van der Waals surface area contributed by atoms with Crippen molar-refractivity contribution in [2.24, 2.45) is 5.41 Å². The van der Waals surface area contributed by atoms with Crippen LogP contribution in [-0.4, -0.2) is 27.5 Å². The van der Waals surface area contributed by atoms with Gasteiger partial charge in [0.15, 0.2) is 0 Å². The summed E-state index contributed by atoms with van der Waals surface area (Å²) >= 11 is 0. The molecule has 0 unspecified atom stereocenters. The summed E-state index contributed by atoms with van der Waals surface area (Å²) in [7, 11) is -3.90. The van der Waals surface area contributed by atoms with Crippen LogP contribution in [0.1, 0.15) is 32.8 Å². The number of anilines is 2. The Bertz CT molecular complexity index is 1050. The molecule has 0 radical (unpaired) electrons. The van der Waals surface area contributed by atoms with Gasteiger partial charge in [0, 0.05) is 12.6 Å². The summed E-state index contributed by atoms with van der Waals surface area (Å²) in [6.07, 6.45) is 0.777. The van der Waals surface area contributed by atoms with E-state index in [0.717, 1.165) is 12.5 Å². The first-order valence-corrected chi connectivity index (χ1v) is 10.9. The van der Waals surface area contributed by atoms with Gasteiger partial charge in [0.1, 0.15) is 18.2 Å². The van der Waals surface area contributed by atoms with E-state index in [1.807, 2.05) is 20.8 Å². The van der Waals surface area contributed by atoms with Crippen LogP contribution in [0.15, 0.2) is 41.3 Å². The summed E-state index contributed by atoms with van der Waals surface area (Å²) in [5.74, 6) is -0.0632. The number of nitrogens with one attached hydrogen (secondary N) is 1. The molecule has 3 rings (SSSR count). The average molecular weight is 421 g/mol. The number of carbonyl (C=O) groups excluding carboxylic acids is 1.